The van der Waals surface area contributed by atoms with Crippen LogP contribution in [0.25, 0.3) is 0 Å². The summed E-state index contributed by atoms with van der Waals surface area (Å²) >= 11 is 1.13. The molecule has 0 aliphatic rings. The SMILES string of the molecule is COC(=O)Cc1sc(NS(=O)(=O)c2ccc(C)cc2)nc1C. The topological polar surface area (TPSA) is 85.4 Å². The molecule has 0 amide bonds. The van der Waals surface area contributed by atoms with Crippen LogP contribution in [0.4, 0.5) is 5.13 Å². The highest BCUT2D eigenvalue weighted by molar-refractivity contribution is 7.93. The third-order valence-corrected chi connectivity index (χ3v) is 5.54. The van der Waals surface area contributed by atoms with Gasteiger partial charge in [-0.15, -0.1) is 11.3 Å². The van der Waals surface area contributed by atoms with E-state index in [9.17, 15) is 13.2 Å². The van der Waals surface area contributed by atoms with Crippen LogP contribution >= 0.6 is 11.3 Å². The number of ether oxygens (including phenoxy) is 1. The Morgan fingerprint density at radius 2 is 1.91 bits per heavy atom. The molecule has 8 heteroatoms. The Hall–Kier alpha value is -1.93. The van der Waals surface area contributed by atoms with Crippen molar-refractivity contribution >= 4 is 32.5 Å². The summed E-state index contributed by atoms with van der Waals surface area (Å²) in [6.07, 6.45) is 0.0757. The lowest BCUT2D eigenvalue weighted by Gasteiger charge is -2.05. The molecule has 2 rings (SSSR count). The van der Waals surface area contributed by atoms with Gasteiger partial charge in [0.15, 0.2) is 5.13 Å². The van der Waals surface area contributed by atoms with Crippen molar-refractivity contribution in [2.75, 3.05) is 11.8 Å². The Bertz CT molecular complexity index is 780. The first-order valence-corrected chi connectivity index (χ1v) is 8.74. The van der Waals surface area contributed by atoms with Gasteiger partial charge in [-0.2, -0.15) is 0 Å². The number of hydrogen-bond acceptors (Lipinski definition) is 6. The van der Waals surface area contributed by atoms with Crippen molar-refractivity contribution in [1.82, 2.24) is 4.98 Å². The predicted molar refractivity (Wildman–Crippen MR) is 84.6 cm³/mol. The van der Waals surface area contributed by atoms with E-state index in [0.717, 1.165) is 16.9 Å². The number of methoxy groups -OCH3 is 1. The maximum Gasteiger partial charge on any atom is 0.310 e. The molecule has 1 N–H and O–H groups in total. The van der Waals surface area contributed by atoms with E-state index in [1.165, 1.54) is 19.2 Å². The number of aryl methyl sites for hydroxylation is 2. The number of anilines is 1. The van der Waals surface area contributed by atoms with Gasteiger partial charge >= 0.3 is 5.97 Å². The molecule has 0 fully saturated rings. The largest absolute Gasteiger partial charge is 0.469 e. The van der Waals surface area contributed by atoms with Crippen molar-refractivity contribution in [1.29, 1.82) is 0 Å². The summed E-state index contributed by atoms with van der Waals surface area (Å²) in [7, 11) is -2.38. The first kappa shape index (κ1) is 16.4. The van der Waals surface area contributed by atoms with Gasteiger partial charge < -0.3 is 4.74 Å². The zero-order valence-corrected chi connectivity index (χ0v) is 14.0. The fourth-order valence-electron chi connectivity index (χ4n) is 1.73. The number of sulfonamides is 1. The third-order valence-electron chi connectivity index (χ3n) is 2.98. The van der Waals surface area contributed by atoms with Crippen molar-refractivity contribution in [2.24, 2.45) is 0 Å². The van der Waals surface area contributed by atoms with Gasteiger partial charge in [0, 0.05) is 4.88 Å². The van der Waals surface area contributed by atoms with E-state index < -0.39 is 10.0 Å². The molecular formula is C14H16N2O4S2. The molecule has 0 bridgehead atoms. The second kappa shape index (κ2) is 6.45. The number of hydrogen-bond donors (Lipinski definition) is 1. The molecule has 6 nitrogen and oxygen atoms in total. The number of carbonyl (C=O) groups is 1. The molecule has 0 saturated heterocycles. The number of benzene rings is 1. The number of rotatable bonds is 5. The average Bonchev–Trinajstić information content (AvgIpc) is 2.78. The summed E-state index contributed by atoms with van der Waals surface area (Å²) in [6.45, 7) is 3.60. The van der Waals surface area contributed by atoms with Crippen LogP contribution < -0.4 is 4.72 Å². The van der Waals surface area contributed by atoms with Gasteiger partial charge in [0.1, 0.15) is 0 Å². The molecule has 2 aromatic rings. The molecule has 1 heterocycles. The highest BCUT2D eigenvalue weighted by Gasteiger charge is 2.18. The molecular weight excluding hydrogens is 324 g/mol. The third kappa shape index (κ3) is 3.83. The van der Waals surface area contributed by atoms with E-state index >= 15 is 0 Å². The zero-order chi connectivity index (χ0) is 16.3. The van der Waals surface area contributed by atoms with Gasteiger partial charge in [-0.05, 0) is 26.0 Å². The van der Waals surface area contributed by atoms with Crippen LogP contribution in [-0.4, -0.2) is 26.5 Å². The van der Waals surface area contributed by atoms with Crippen LogP contribution in [0.2, 0.25) is 0 Å². The van der Waals surface area contributed by atoms with Crippen molar-refractivity contribution in [3.63, 3.8) is 0 Å². The number of aromatic nitrogens is 1. The van der Waals surface area contributed by atoms with Gasteiger partial charge in [-0.1, -0.05) is 17.7 Å². The summed E-state index contributed by atoms with van der Waals surface area (Å²) < 4.78 is 31.6. The van der Waals surface area contributed by atoms with E-state index in [2.05, 4.69) is 14.4 Å². The van der Waals surface area contributed by atoms with E-state index in [-0.39, 0.29) is 22.4 Å². The Morgan fingerprint density at radius 3 is 2.50 bits per heavy atom. The van der Waals surface area contributed by atoms with E-state index in [4.69, 9.17) is 0 Å². The molecule has 118 valence electrons. The van der Waals surface area contributed by atoms with E-state index in [0.29, 0.717) is 10.6 Å². The molecule has 0 aliphatic carbocycles. The number of esters is 1. The monoisotopic (exact) mass is 340 g/mol. The lowest BCUT2D eigenvalue weighted by molar-refractivity contribution is -0.139. The molecule has 22 heavy (non-hydrogen) atoms. The Kier molecular flexibility index (Phi) is 4.82. The summed E-state index contributed by atoms with van der Waals surface area (Å²) in [5.74, 6) is -0.389. The summed E-state index contributed by atoms with van der Waals surface area (Å²) in [5.41, 5.74) is 1.58. The highest BCUT2D eigenvalue weighted by atomic mass is 32.2. The minimum absolute atomic E-state index is 0.0757. The standard InChI is InChI=1S/C14H16N2O4S2/c1-9-4-6-11(7-5-9)22(18,19)16-14-15-10(2)12(21-14)8-13(17)20-3/h4-7H,8H2,1-3H3,(H,15,16). The van der Waals surface area contributed by atoms with Crippen molar-refractivity contribution in [3.05, 3.63) is 40.4 Å². The second-order valence-electron chi connectivity index (χ2n) is 4.70. The summed E-state index contributed by atoms with van der Waals surface area (Å²) in [5, 5.41) is 0.233. The van der Waals surface area contributed by atoms with Crippen LogP contribution in [0, 0.1) is 13.8 Å². The first-order valence-electron chi connectivity index (χ1n) is 6.44. The zero-order valence-electron chi connectivity index (χ0n) is 12.4. The van der Waals surface area contributed by atoms with Crippen LogP contribution in [0.5, 0.6) is 0 Å². The molecule has 0 radical (unpaired) electrons. The van der Waals surface area contributed by atoms with Crippen molar-refractivity contribution < 1.29 is 17.9 Å². The number of carbonyl (C=O) groups excluding carboxylic acids is 1. The van der Waals surface area contributed by atoms with Gasteiger partial charge in [-0.3, -0.25) is 9.52 Å². The smallest absolute Gasteiger partial charge is 0.310 e. The second-order valence-corrected chi connectivity index (χ2v) is 7.47. The molecule has 0 aliphatic heterocycles. The molecule has 0 spiro atoms. The molecule has 1 aromatic heterocycles. The van der Waals surface area contributed by atoms with Crippen molar-refractivity contribution in [3.8, 4) is 0 Å². The van der Waals surface area contributed by atoms with Gasteiger partial charge in [0.05, 0.1) is 24.1 Å². The maximum absolute atomic E-state index is 12.3. The number of nitrogens with one attached hydrogen (secondary N) is 1. The lowest BCUT2D eigenvalue weighted by atomic mass is 10.2. The number of nitrogens with zero attached hydrogens (tertiary/aromatic N) is 1. The first-order chi connectivity index (χ1) is 10.3. The minimum atomic E-state index is -3.69. The van der Waals surface area contributed by atoms with E-state index in [1.807, 2.05) is 6.92 Å². The van der Waals surface area contributed by atoms with Crippen molar-refractivity contribution in [2.45, 2.75) is 25.2 Å². The van der Waals surface area contributed by atoms with Gasteiger partial charge in [0.2, 0.25) is 0 Å². The number of thiazole rings is 1. The van der Waals surface area contributed by atoms with Crippen LogP contribution in [0.3, 0.4) is 0 Å². The highest BCUT2D eigenvalue weighted by Crippen LogP contribution is 2.25. The Labute approximate surface area is 133 Å². The minimum Gasteiger partial charge on any atom is -0.469 e. The molecule has 0 atom stereocenters. The average molecular weight is 340 g/mol. The fraction of sp³-hybridized carbons (Fsp3) is 0.286. The summed E-state index contributed by atoms with van der Waals surface area (Å²) in [6, 6.07) is 6.52. The Balaban J connectivity index is 2.21. The van der Waals surface area contributed by atoms with Crippen LogP contribution in [0.1, 0.15) is 16.1 Å². The molecule has 1 aromatic carbocycles. The lowest BCUT2D eigenvalue weighted by Crippen LogP contribution is -2.12. The molecule has 0 saturated carbocycles. The maximum atomic E-state index is 12.3. The van der Waals surface area contributed by atoms with Crippen LogP contribution in [0.15, 0.2) is 29.2 Å². The quantitative estimate of drug-likeness (QED) is 0.844. The Morgan fingerprint density at radius 1 is 1.27 bits per heavy atom. The van der Waals surface area contributed by atoms with E-state index in [1.54, 1.807) is 19.1 Å². The summed E-state index contributed by atoms with van der Waals surface area (Å²) in [4.78, 5) is 16.3. The normalized spacial score (nSPS) is 11.2. The van der Waals surface area contributed by atoms with Crippen LogP contribution in [-0.2, 0) is 26.0 Å². The van der Waals surface area contributed by atoms with Gasteiger partial charge in [-0.25, -0.2) is 13.4 Å². The molecule has 0 unspecified atom stereocenters. The van der Waals surface area contributed by atoms with Gasteiger partial charge in [0.25, 0.3) is 10.0 Å². The fourth-order valence-corrected chi connectivity index (χ4v) is 3.91. The predicted octanol–water partition coefficient (Wildman–Crippen LogP) is 2.28.